The predicted octanol–water partition coefficient (Wildman–Crippen LogP) is 4.42. The zero-order valence-corrected chi connectivity index (χ0v) is 12.9. The van der Waals surface area contributed by atoms with Crippen molar-refractivity contribution in [2.75, 3.05) is 12.4 Å². The third-order valence-electron chi connectivity index (χ3n) is 4.14. The Bertz CT molecular complexity index is 431. The summed E-state index contributed by atoms with van der Waals surface area (Å²) in [6, 6.07) is 6.07. The number of phenolic OH excluding ortho intramolecular Hbond substituents is 1. The predicted molar refractivity (Wildman–Crippen MR) is 83.5 cm³/mol. The van der Waals surface area contributed by atoms with Gasteiger partial charge in [-0.15, -0.1) is 0 Å². The molecule has 112 valence electrons. The van der Waals surface area contributed by atoms with Crippen LogP contribution in [0.25, 0.3) is 0 Å². The van der Waals surface area contributed by atoms with Gasteiger partial charge >= 0.3 is 0 Å². The Morgan fingerprint density at radius 3 is 2.80 bits per heavy atom. The topological polar surface area (TPSA) is 41.5 Å². The average molecular weight is 277 g/mol. The van der Waals surface area contributed by atoms with Gasteiger partial charge < -0.3 is 15.2 Å². The van der Waals surface area contributed by atoms with E-state index in [0.717, 1.165) is 17.5 Å². The molecule has 0 aliphatic heterocycles. The molecule has 0 radical (unpaired) electrons. The van der Waals surface area contributed by atoms with Gasteiger partial charge in [-0.2, -0.15) is 0 Å². The minimum absolute atomic E-state index is 0.201. The molecule has 0 aromatic heterocycles. The minimum atomic E-state index is 0.201. The molecule has 20 heavy (non-hydrogen) atoms. The quantitative estimate of drug-likeness (QED) is 0.837. The van der Waals surface area contributed by atoms with Crippen LogP contribution in [0.5, 0.6) is 11.5 Å². The Kier molecular flexibility index (Phi) is 5.16. The molecule has 2 atom stereocenters. The average Bonchev–Trinajstić information content (AvgIpc) is 2.38. The third-order valence-corrected chi connectivity index (χ3v) is 4.14. The number of ether oxygens (including phenoxy) is 1. The van der Waals surface area contributed by atoms with E-state index in [1.807, 2.05) is 12.1 Å². The van der Waals surface area contributed by atoms with Gasteiger partial charge in [-0.3, -0.25) is 0 Å². The van der Waals surface area contributed by atoms with Crippen molar-refractivity contribution in [1.29, 1.82) is 0 Å². The first-order chi connectivity index (χ1) is 9.58. The van der Waals surface area contributed by atoms with E-state index in [1.54, 1.807) is 13.2 Å². The number of hydrogen-bond acceptors (Lipinski definition) is 3. The summed E-state index contributed by atoms with van der Waals surface area (Å²) in [6.07, 6.45) is 6.46. The molecule has 2 N–H and O–H groups in total. The van der Waals surface area contributed by atoms with E-state index in [9.17, 15) is 5.11 Å². The molecule has 0 amide bonds. The molecule has 1 saturated carbocycles. The third kappa shape index (κ3) is 4.06. The standard InChI is InChI=1S/C17H27NO2/c1-12(2)9-13-5-4-6-14(10-13)18-15-7-8-17(20-3)16(19)11-15/h7-8,11-14,18-19H,4-6,9-10H2,1-3H3. The van der Waals surface area contributed by atoms with Crippen LogP contribution in [0.4, 0.5) is 5.69 Å². The van der Waals surface area contributed by atoms with Gasteiger partial charge in [0.25, 0.3) is 0 Å². The minimum Gasteiger partial charge on any atom is -0.504 e. The number of nitrogens with one attached hydrogen (secondary N) is 1. The Morgan fingerprint density at radius 1 is 1.35 bits per heavy atom. The van der Waals surface area contributed by atoms with Crippen LogP contribution >= 0.6 is 0 Å². The van der Waals surface area contributed by atoms with Crippen LogP contribution in [0, 0.1) is 11.8 Å². The fraction of sp³-hybridized carbons (Fsp3) is 0.647. The summed E-state index contributed by atoms with van der Waals surface area (Å²) in [5.74, 6) is 2.35. The highest BCUT2D eigenvalue weighted by molar-refractivity contribution is 5.54. The lowest BCUT2D eigenvalue weighted by molar-refractivity contribution is 0.289. The molecule has 1 aromatic carbocycles. The lowest BCUT2D eigenvalue weighted by Gasteiger charge is -2.31. The van der Waals surface area contributed by atoms with Crippen LogP contribution in [0.2, 0.25) is 0 Å². The maximum Gasteiger partial charge on any atom is 0.160 e. The molecule has 3 heteroatoms. The van der Waals surface area contributed by atoms with Gasteiger partial charge in [0, 0.05) is 17.8 Å². The van der Waals surface area contributed by atoms with Crippen LogP contribution in [0.3, 0.4) is 0 Å². The molecular formula is C17H27NO2. The first-order valence-corrected chi connectivity index (χ1v) is 7.72. The Morgan fingerprint density at radius 2 is 2.15 bits per heavy atom. The fourth-order valence-electron chi connectivity index (χ4n) is 3.32. The van der Waals surface area contributed by atoms with Crippen molar-refractivity contribution in [2.45, 2.75) is 52.0 Å². The number of benzene rings is 1. The monoisotopic (exact) mass is 277 g/mol. The van der Waals surface area contributed by atoms with Crippen LogP contribution in [-0.2, 0) is 0 Å². The molecule has 1 aliphatic carbocycles. The molecule has 1 aromatic rings. The summed E-state index contributed by atoms with van der Waals surface area (Å²) >= 11 is 0. The molecule has 0 heterocycles. The summed E-state index contributed by atoms with van der Waals surface area (Å²) < 4.78 is 5.07. The lowest BCUT2D eigenvalue weighted by Crippen LogP contribution is -2.27. The van der Waals surface area contributed by atoms with Crippen molar-refractivity contribution >= 4 is 5.69 Å². The van der Waals surface area contributed by atoms with Gasteiger partial charge in [0.15, 0.2) is 11.5 Å². The number of hydrogen-bond donors (Lipinski definition) is 2. The molecule has 2 unspecified atom stereocenters. The molecule has 3 nitrogen and oxygen atoms in total. The van der Waals surface area contributed by atoms with Crippen molar-refractivity contribution < 1.29 is 9.84 Å². The molecule has 2 rings (SSSR count). The largest absolute Gasteiger partial charge is 0.504 e. The smallest absolute Gasteiger partial charge is 0.160 e. The van der Waals surface area contributed by atoms with E-state index >= 15 is 0 Å². The second-order valence-electron chi connectivity index (χ2n) is 6.39. The van der Waals surface area contributed by atoms with E-state index in [2.05, 4.69) is 19.2 Å². The summed E-state index contributed by atoms with van der Waals surface area (Å²) in [7, 11) is 1.57. The summed E-state index contributed by atoms with van der Waals surface area (Å²) in [5.41, 5.74) is 0.985. The van der Waals surface area contributed by atoms with Crippen molar-refractivity contribution in [3.05, 3.63) is 18.2 Å². The number of anilines is 1. The van der Waals surface area contributed by atoms with E-state index in [-0.39, 0.29) is 5.75 Å². The zero-order valence-electron chi connectivity index (χ0n) is 12.9. The van der Waals surface area contributed by atoms with Gasteiger partial charge in [-0.05, 0) is 43.2 Å². The van der Waals surface area contributed by atoms with Crippen molar-refractivity contribution in [3.8, 4) is 11.5 Å². The number of aromatic hydroxyl groups is 1. The highest BCUT2D eigenvalue weighted by atomic mass is 16.5. The maximum absolute atomic E-state index is 9.83. The van der Waals surface area contributed by atoms with E-state index < -0.39 is 0 Å². The van der Waals surface area contributed by atoms with Crippen molar-refractivity contribution in [2.24, 2.45) is 11.8 Å². The first-order valence-electron chi connectivity index (χ1n) is 7.72. The molecule has 1 fully saturated rings. The first kappa shape index (κ1) is 15.0. The number of rotatable bonds is 5. The van der Waals surface area contributed by atoms with Gasteiger partial charge in [0.1, 0.15) is 0 Å². The van der Waals surface area contributed by atoms with Crippen LogP contribution in [0.15, 0.2) is 18.2 Å². The molecule has 0 spiro atoms. The zero-order chi connectivity index (χ0) is 14.5. The van der Waals surface area contributed by atoms with Gasteiger partial charge in [-0.1, -0.05) is 26.7 Å². The van der Waals surface area contributed by atoms with Gasteiger partial charge in [-0.25, -0.2) is 0 Å². The van der Waals surface area contributed by atoms with Gasteiger partial charge in [0.2, 0.25) is 0 Å². The van der Waals surface area contributed by atoms with Crippen LogP contribution in [-0.4, -0.2) is 18.3 Å². The Labute approximate surface area is 122 Å². The highest BCUT2D eigenvalue weighted by Gasteiger charge is 2.22. The normalized spacial score (nSPS) is 22.8. The number of methoxy groups -OCH3 is 1. The second-order valence-corrected chi connectivity index (χ2v) is 6.39. The van der Waals surface area contributed by atoms with E-state index in [4.69, 9.17) is 4.74 Å². The SMILES string of the molecule is COc1ccc(NC2CCCC(CC(C)C)C2)cc1O. The second kappa shape index (κ2) is 6.87. The molecule has 0 bridgehead atoms. The number of phenols is 1. The molecule has 0 saturated heterocycles. The Hall–Kier alpha value is -1.38. The van der Waals surface area contributed by atoms with Crippen LogP contribution in [0.1, 0.15) is 46.0 Å². The van der Waals surface area contributed by atoms with E-state index in [0.29, 0.717) is 11.8 Å². The summed E-state index contributed by atoms with van der Waals surface area (Å²) in [6.45, 7) is 4.61. The van der Waals surface area contributed by atoms with Gasteiger partial charge in [0.05, 0.1) is 7.11 Å². The molecule has 1 aliphatic rings. The fourth-order valence-corrected chi connectivity index (χ4v) is 3.32. The maximum atomic E-state index is 9.83. The van der Waals surface area contributed by atoms with E-state index in [1.165, 1.54) is 32.1 Å². The van der Waals surface area contributed by atoms with Crippen molar-refractivity contribution in [1.82, 2.24) is 0 Å². The van der Waals surface area contributed by atoms with Crippen molar-refractivity contribution in [3.63, 3.8) is 0 Å². The lowest BCUT2D eigenvalue weighted by atomic mass is 9.81. The van der Waals surface area contributed by atoms with Crippen LogP contribution < -0.4 is 10.1 Å². The highest BCUT2D eigenvalue weighted by Crippen LogP contribution is 2.33. The molecular weight excluding hydrogens is 250 g/mol. The summed E-state index contributed by atoms with van der Waals surface area (Å²) in [5, 5.41) is 13.4. The Balaban J connectivity index is 1.93. The summed E-state index contributed by atoms with van der Waals surface area (Å²) in [4.78, 5) is 0.